The molecule has 3 heterocycles. The summed E-state index contributed by atoms with van der Waals surface area (Å²) in [5.41, 5.74) is 1.44. The fraction of sp³-hybridized carbons (Fsp3) is 0.462. The van der Waals surface area contributed by atoms with Gasteiger partial charge in [-0.05, 0) is 30.4 Å². The molecule has 0 aromatic carbocycles. The van der Waals surface area contributed by atoms with Crippen molar-refractivity contribution in [3.8, 4) is 0 Å². The van der Waals surface area contributed by atoms with Gasteiger partial charge >= 0.3 is 0 Å². The van der Waals surface area contributed by atoms with Gasteiger partial charge in [0.05, 0.1) is 17.0 Å². The van der Waals surface area contributed by atoms with Crippen molar-refractivity contribution in [1.29, 1.82) is 0 Å². The van der Waals surface area contributed by atoms with Crippen LogP contribution < -0.4 is 5.32 Å². The van der Waals surface area contributed by atoms with Gasteiger partial charge in [-0.25, -0.2) is 4.98 Å². The Hall–Kier alpha value is -0.780. The second kappa shape index (κ2) is 5.07. The van der Waals surface area contributed by atoms with E-state index in [0.717, 1.165) is 18.1 Å². The fourth-order valence-corrected chi connectivity index (χ4v) is 4.80. The molecule has 5 heteroatoms. The maximum absolute atomic E-state index is 5.49. The number of nitrogens with one attached hydrogen (secondary N) is 1. The zero-order valence-corrected chi connectivity index (χ0v) is 12.1. The van der Waals surface area contributed by atoms with Gasteiger partial charge in [-0.3, -0.25) is 0 Å². The highest BCUT2D eigenvalue weighted by molar-refractivity contribution is 8.01. The molecule has 1 N–H and O–H groups in total. The van der Waals surface area contributed by atoms with E-state index in [4.69, 9.17) is 4.42 Å². The normalized spacial score (nSPS) is 23.0. The molecule has 2 aromatic heterocycles. The lowest BCUT2D eigenvalue weighted by Gasteiger charge is -2.27. The summed E-state index contributed by atoms with van der Waals surface area (Å²) in [6, 6.07) is 2.66. The summed E-state index contributed by atoms with van der Waals surface area (Å²) in [7, 11) is 0. The van der Waals surface area contributed by atoms with Crippen molar-refractivity contribution in [1.82, 2.24) is 10.3 Å². The molecule has 3 rings (SSSR count). The van der Waals surface area contributed by atoms with Crippen LogP contribution in [0.25, 0.3) is 0 Å². The Morgan fingerprint density at radius 2 is 2.44 bits per heavy atom. The number of hydrogen-bond acceptors (Lipinski definition) is 5. The fourth-order valence-electron chi connectivity index (χ4n) is 2.24. The van der Waals surface area contributed by atoms with Gasteiger partial charge in [0.15, 0.2) is 0 Å². The molecule has 2 atom stereocenters. The smallest absolute Gasteiger partial charge is 0.208 e. The number of aromatic nitrogens is 1. The average molecular weight is 280 g/mol. The molecule has 96 valence electrons. The highest BCUT2D eigenvalue weighted by Crippen LogP contribution is 2.43. The molecule has 0 aliphatic carbocycles. The second-order valence-corrected chi connectivity index (χ2v) is 7.25. The van der Waals surface area contributed by atoms with Crippen LogP contribution >= 0.6 is 23.1 Å². The lowest BCUT2D eigenvalue weighted by molar-refractivity contribution is 0.411. The Balaban J connectivity index is 1.70. The quantitative estimate of drug-likeness (QED) is 0.929. The van der Waals surface area contributed by atoms with E-state index in [1.807, 2.05) is 30.0 Å². The van der Waals surface area contributed by atoms with Gasteiger partial charge in [0, 0.05) is 11.3 Å². The predicted octanol–water partition coefficient (Wildman–Crippen LogP) is 3.76. The number of oxazole rings is 1. The number of nitrogens with zero attached hydrogens (tertiary/aromatic N) is 1. The minimum absolute atomic E-state index is 0.426. The summed E-state index contributed by atoms with van der Waals surface area (Å²) < 4.78 is 6.95. The molecule has 0 spiro atoms. The molecule has 18 heavy (non-hydrogen) atoms. The molecule has 2 aromatic rings. The first-order valence-corrected chi connectivity index (χ1v) is 7.87. The van der Waals surface area contributed by atoms with Crippen LogP contribution in [0, 0.1) is 6.92 Å². The van der Waals surface area contributed by atoms with Crippen molar-refractivity contribution < 1.29 is 4.42 Å². The van der Waals surface area contributed by atoms with Crippen molar-refractivity contribution >= 4 is 23.1 Å². The van der Waals surface area contributed by atoms with E-state index in [1.165, 1.54) is 9.77 Å². The van der Waals surface area contributed by atoms with Gasteiger partial charge in [-0.15, -0.1) is 23.1 Å². The van der Waals surface area contributed by atoms with E-state index in [1.54, 1.807) is 6.20 Å². The van der Waals surface area contributed by atoms with Gasteiger partial charge in [0.2, 0.25) is 5.89 Å². The van der Waals surface area contributed by atoms with Crippen LogP contribution in [0.2, 0.25) is 0 Å². The molecule has 0 fully saturated rings. The van der Waals surface area contributed by atoms with E-state index < -0.39 is 0 Å². The van der Waals surface area contributed by atoms with Crippen LogP contribution in [0.5, 0.6) is 0 Å². The molecule has 0 saturated heterocycles. The van der Waals surface area contributed by atoms with Crippen LogP contribution in [-0.4, -0.2) is 10.2 Å². The highest BCUT2D eigenvalue weighted by atomic mass is 32.2. The standard InChI is InChI=1S/C13H16N2OS2/c1-8-6-15-12(16-8)7-14-11-5-9(2)18-13-10(11)3-4-17-13/h3-4,6,9,11,14H,5,7H2,1-2H3/t9-,11?/m0/s1. The van der Waals surface area contributed by atoms with Gasteiger partial charge in [-0.1, -0.05) is 6.92 Å². The Bertz CT molecular complexity index is 535. The largest absolute Gasteiger partial charge is 0.445 e. The summed E-state index contributed by atoms with van der Waals surface area (Å²) in [6.45, 7) is 4.91. The van der Waals surface area contributed by atoms with Crippen LogP contribution in [0.4, 0.5) is 0 Å². The summed E-state index contributed by atoms with van der Waals surface area (Å²) in [5.74, 6) is 1.64. The summed E-state index contributed by atoms with van der Waals surface area (Å²) >= 11 is 3.83. The van der Waals surface area contributed by atoms with E-state index >= 15 is 0 Å². The van der Waals surface area contributed by atoms with Gasteiger partial charge in [0.1, 0.15) is 5.76 Å². The number of aryl methyl sites for hydroxylation is 1. The van der Waals surface area contributed by atoms with Crippen LogP contribution in [0.15, 0.2) is 26.3 Å². The summed E-state index contributed by atoms with van der Waals surface area (Å²) in [4.78, 5) is 4.23. The van der Waals surface area contributed by atoms with Crippen molar-refractivity contribution in [2.24, 2.45) is 0 Å². The third kappa shape index (κ3) is 2.48. The van der Waals surface area contributed by atoms with Gasteiger partial charge in [0.25, 0.3) is 0 Å². The predicted molar refractivity (Wildman–Crippen MR) is 75.1 cm³/mol. The van der Waals surface area contributed by atoms with E-state index in [9.17, 15) is 0 Å². The third-order valence-corrected chi connectivity index (χ3v) is 5.42. The zero-order valence-electron chi connectivity index (χ0n) is 10.5. The van der Waals surface area contributed by atoms with Gasteiger partial charge < -0.3 is 9.73 Å². The monoisotopic (exact) mass is 280 g/mol. The number of fused-ring (bicyclic) bond motifs is 1. The Morgan fingerprint density at radius 1 is 1.56 bits per heavy atom. The number of rotatable bonds is 3. The number of hydrogen-bond donors (Lipinski definition) is 1. The van der Waals surface area contributed by atoms with E-state index in [0.29, 0.717) is 17.8 Å². The summed E-state index contributed by atoms with van der Waals surface area (Å²) in [5, 5.41) is 6.41. The lowest BCUT2D eigenvalue weighted by Crippen LogP contribution is -2.26. The van der Waals surface area contributed by atoms with E-state index in [-0.39, 0.29) is 0 Å². The average Bonchev–Trinajstić information content (AvgIpc) is 2.94. The Morgan fingerprint density at radius 3 is 3.22 bits per heavy atom. The first-order chi connectivity index (χ1) is 8.72. The number of thiophene rings is 1. The maximum atomic E-state index is 5.49. The Labute approximate surface area is 115 Å². The third-order valence-electron chi connectivity index (χ3n) is 3.08. The molecule has 0 radical (unpaired) electrons. The van der Waals surface area contributed by atoms with Crippen LogP contribution in [0.1, 0.15) is 36.6 Å². The first-order valence-electron chi connectivity index (χ1n) is 6.11. The summed E-state index contributed by atoms with van der Waals surface area (Å²) in [6.07, 6.45) is 2.93. The molecule has 0 saturated carbocycles. The van der Waals surface area contributed by atoms with Crippen LogP contribution in [-0.2, 0) is 6.54 Å². The zero-order chi connectivity index (χ0) is 12.5. The van der Waals surface area contributed by atoms with Crippen molar-refractivity contribution in [2.75, 3.05) is 0 Å². The highest BCUT2D eigenvalue weighted by Gasteiger charge is 2.26. The minimum atomic E-state index is 0.426. The van der Waals surface area contributed by atoms with Gasteiger partial charge in [-0.2, -0.15) is 0 Å². The van der Waals surface area contributed by atoms with Crippen molar-refractivity contribution in [3.05, 3.63) is 34.9 Å². The van der Waals surface area contributed by atoms with Crippen molar-refractivity contribution in [3.63, 3.8) is 0 Å². The molecule has 3 nitrogen and oxygen atoms in total. The lowest BCUT2D eigenvalue weighted by atomic mass is 10.1. The Kier molecular flexibility index (Phi) is 3.46. The van der Waals surface area contributed by atoms with E-state index in [2.05, 4.69) is 28.7 Å². The molecule has 1 aliphatic rings. The van der Waals surface area contributed by atoms with Crippen LogP contribution in [0.3, 0.4) is 0 Å². The maximum Gasteiger partial charge on any atom is 0.208 e. The molecular formula is C13H16N2OS2. The topological polar surface area (TPSA) is 38.1 Å². The minimum Gasteiger partial charge on any atom is -0.445 e. The molecular weight excluding hydrogens is 264 g/mol. The first kappa shape index (κ1) is 12.3. The van der Waals surface area contributed by atoms with Crippen molar-refractivity contribution in [2.45, 2.75) is 42.3 Å². The number of thioether (sulfide) groups is 1. The molecule has 0 amide bonds. The second-order valence-electron chi connectivity index (χ2n) is 4.63. The molecule has 0 bridgehead atoms. The molecule has 1 aliphatic heterocycles. The SMILES string of the molecule is Cc1cnc(CNC2C[C@H](C)Sc3sccc32)o1. The molecule has 1 unspecified atom stereocenters.